The van der Waals surface area contributed by atoms with Gasteiger partial charge in [0.15, 0.2) is 0 Å². The van der Waals surface area contributed by atoms with E-state index in [2.05, 4.69) is 15.2 Å². The van der Waals surface area contributed by atoms with Crippen LogP contribution >= 0.6 is 11.3 Å². The fourth-order valence-electron chi connectivity index (χ4n) is 3.75. The van der Waals surface area contributed by atoms with E-state index in [1.54, 1.807) is 24.5 Å². The summed E-state index contributed by atoms with van der Waals surface area (Å²) in [5.74, 6) is 0.712. The summed E-state index contributed by atoms with van der Waals surface area (Å²) in [6.07, 6.45) is 1.62. The van der Waals surface area contributed by atoms with Gasteiger partial charge in [-0.2, -0.15) is 5.10 Å². The monoisotopic (exact) mass is 434 g/mol. The lowest BCUT2D eigenvalue weighted by Gasteiger charge is -2.31. The molecule has 2 aromatic heterocycles. The molecule has 0 aliphatic carbocycles. The zero-order valence-electron chi connectivity index (χ0n) is 17.1. The van der Waals surface area contributed by atoms with Crippen LogP contribution in [0.15, 0.2) is 54.6 Å². The Bertz CT molecular complexity index is 1180. The van der Waals surface area contributed by atoms with Crippen molar-refractivity contribution in [3.63, 3.8) is 0 Å². The first-order chi connectivity index (χ1) is 15.2. The lowest BCUT2D eigenvalue weighted by molar-refractivity contribution is 0.0590. The van der Waals surface area contributed by atoms with Gasteiger partial charge in [0.2, 0.25) is 0 Å². The molecule has 1 saturated heterocycles. The van der Waals surface area contributed by atoms with Crippen molar-refractivity contribution in [2.24, 2.45) is 0 Å². The van der Waals surface area contributed by atoms with E-state index in [-0.39, 0.29) is 12.0 Å². The summed E-state index contributed by atoms with van der Waals surface area (Å²) in [6, 6.07) is 17.4. The Kier molecular flexibility index (Phi) is 5.30. The van der Waals surface area contributed by atoms with Crippen molar-refractivity contribution in [2.45, 2.75) is 18.9 Å². The number of methoxy groups -OCH3 is 1. The summed E-state index contributed by atoms with van der Waals surface area (Å²) < 4.78 is 12.5. The number of rotatable bonds is 5. The largest absolute Gasteiger partial charge is 0.497 e. The zero-order chi connectivity index (χ0) is 21.2. The second-order valence-corrected chi connectivity index (χ2v) is 8.45. The third-order valence-electron chi connectivity index (χ3n) is 5.44. The van der Waals surface area contributed by atoms with Crippen LogP contribution in [0.1, 0.15) is 23.3 Å². The standard InChI is InChI=1S/C23H22N4O3S/c1-29-17-6-4-5-15(13-17)19-14-20(26-25-19)22(28)27-11-9-16(10-12-27)30-23-24-18-7-2-3-8-21(18)31-23/h2-8,13-14,16H,9-12H2,1H3,(H,25,26). The zero-order valence-corrected chi connectivity index (χ0v) is 17.9. The van der Waals surface area contributed by atoms with E-state index in [0.717, 1.165) is 40.1 Å². The first-order valence-corrected chi connectivity index (χ1v) is 11.0. The van der Waals surface area contributed by atoms with Crippen LogP contribution < -0.4 is 9.47 Å². The van der Waals surface area contributed by atoms with Crippen LogP contribution in [0.4, 0.5) is 0 Å². The molecule has 7 nitrogen and oxygen atoms in total. The van der Waals surface area contributed by atoms with Crippen LogP contribution in [0.3, 0.4) is 0 Å². The fraction of sp³-hybridized carbons (Fsp3) is 0.261. The smallest absolute Gasteiger partial charge is 0.274 e. The number of carbonyl (C=O) groups excluding carboxylic acids is 1. The van der Waals surface area contributed by atoms with Gasteiger partial charge < -0.3 is 14.4 Å². The molecule has 1 N–H and O–H groups in total. The minimum Gasteiger partial charge on any atom is -0.497 e. The van der Waals surface area contributed by atoms with Crippen molar-refractivity contribution in [1.82, 2.24) is 20.1 Å². The Morgan fingerprint density at radius 3 is 2.77 bits per heavy atom. The van der Waals surface area contributed by atoms with Crippen LogP contribution in [0.25, 0.3) is 21.5 Å². The predicted octanol–water partition coefficient (Wildman–Crippen LogP) is 4.38. The maximum absolute atomic E-state index is 12.9. The van der Waals surface area contributed by atoms with Crippen molar-refractivity contribution in [2.75, 3.05) is 20.2 Å². The number of aromatic amines is 1. The van der Waals surface area contributed by atoms with Gasteiger partial charge in [0, 0.05) is 31.5 Å². The van der Waals surface area contributed by atoms with Crippen LogP contribution in [0.2, 0.25) is 0 Å². The molecular formula is C23H22N4O3S. The van der Waals surface area contributed by atoms with Crippen molar-refractivity contribution >= 4 is 27.5 Å². The molecule has 0 saturated carbocycles. The van der Waals surface area contributed by atoms with Crippen molar-refractivity contribution in [3.05, 3.63) is 60.3 Å². The Hall–Kier alpha value is -3.39. The number of piperidine rings is 1. The summed E-state index contributed by atoms with van der Waals surface area (Å²) in [7, 11) is 1.63. The van der Waals surface area contributed by atoms with E-state index in [9.17, 15) is 4.79 Å². The van der Waals surface area contributed by atoms with E-state index in [4.69, 9.17) is 9.47 Å². The maximum Gasteiger partial charge on any atom is 0.274 e. The fourth-order valence-corrected chi connectivity index (χ4v) is 4.63. The van der Waals surface area contributed by atoms with Crippen molar-refractivity contribution in [1.29, 1.82) is 0 Å². The molecule has 158 valence electrons. The quantitative estimate of drug-likeness (QED) is 0.504. The number of benzene rings is 2. The number of ether oxygens (including phenoxy) is 2. The number of aromatic nitrogens is 3. The lowest BCUT2D eigenvalue weighted by Crippen LogP contribution is -2.41. The average molecular weight is 435 g/mol. The Morgan fingerprint density at radius 1 is 1.13 bits per heavy atom. The van der Waals surface area contributed by atoms with Gasteiger partial charge in [-0.1, -0.05) is 35.6 Å². The molecule has 1 aliphatic rings. The van der Waals surface area contributed by atoms with E-state index in [1.165, 1.54) is 0 Å². The van der Waals surface area contributed by atoms with Crippen LogP contribution in [-0.4, -0.2) is 52.3 Å². The Morgan fingerprint density at radius 2 is 1.97 bits per heavy atom. The second-order valence-electron chi connectivity index (χ2n) is 7.46. The molecule has 3 heterocycles. The number of thiazole rings is 1. The highest BCUT2D eigenvalue weighted by molar-refractivity contribution is 7.20. The summed E-state index contributed by atoms with van der Waals surface area (Å²) >= 11 is 1.56. The average Bonchev–Trinajstić information content (AvgIpc) is 3.46. The number of likely N-dealkylation sites (tertiary alicyclic amines) is 1. The lowest BCUT2D eigenvalue weighted by atomic mass is 10.1. The minimum absolute atomic E-state index is 0.0416. The highest BCUT2D eigenvalue weighted by Gasteiger charge is 2.26. The first-order valence-electron chi connectivity index (χ1n) is 10.2. The van der Waals surface area contributed by atoms with Gasteiger partial charge >= 0.3 is 0 Å². The van der Waals surface area contributed by atoms with E-state index >= 15 is 0 Å². The van der Waals surface area contributed by atoms with Crippen molar-refractivity contribution < 1.29 is 14.3 Å². The number of fused-ring (bicyclic) bond motifs is 1. The first kappa shape index (κ1) is 19.6. The SMILES string of the molecule is COc1cccc(-c2cc(C(=O)N3CCC(Oc4nc5ccccc5s4)CC3)[nH]n2)c1. The third-order valence-corrected chi connectivity index (χ3v) is 6.37. The number of hydrogen-bond acceptors (Lipinski definition) is 6. The van der Waals surface area contributed by atoms with Crippen LogP contribution in [0.5, 0.6) is 10.9 Å². The number of hydrogen-bond donors (Lipinski definition) is 1. The number of nitrogens with one attached hydrogen (secondary N) is 1. The van der Waals surface area contributed by atoms with Gasteiger partial charge in [-0.05, 0) is 30.3 Å². The number of amides is 1. The Labute approximate surface area is 183 Å². The van der Waals surface area contributed by atoms with Crippen molar-refractivity contribution in [3.8, 4) is 22.2 Å². The summed E-state index contributed by atoms with van der Waals surface area (Å²) in [4.78, 5) is 19.3. The molecule has 0 spiro atoms. The summed E-state index contributed by atoms with van der Waals surface area (Å²) in [6.45, 7) is 1.28. The molecule has 31 heavy (non-hydrogen) atoms. The van der Waals surface area contributed by atoms with Crippen LogP contribution in [-0.2, 0) is 0 Å². The van der Waals surface area contributed by atoms with Gasteiger partial charge in [-0.25, -0.2) is 4.98 Å². The number of para-hydroxylation sites is 1. The molecule has 8 heteroatoms. The summed E-state index contributed by atoms with van der Waals surface area (Å²) in [5.41, 5.74) is 3.07. The summed E-state index contributed by atoms with van der Waals surface area (Å²) in [5, 5.41) is 7.89. The normalized spacial score (nSPS) is 14.7. The molecule has 0 unspecified atom stereocenters. The second kappa shape index (κ2) is 8.39. The van der Waals surface area contributed by atoms with Crippen LogP contribution in [0, 0.1) is 0 Å². The van der Waals surface area contributed by atoms with E-state index in [0.29, 0.717) is 24.0 Å². The maximum atomic E-state index is 12.9. The highest BCUT2D eigenvalue weighted by atomic mass is 32.1. The van der Waals surface area contributed by atoms with Gasteiger partial charge in [0.1, 0.15) is 17.5 Å². The van der Waals surface area contributed by atoms with E-state index in [1.807, 2.05) is 53.4 Å². The molecule has 5 rings (SSSR count). The molecule has 0 bridgehead atoms. The third kappa shape index (κ3) is 4.11. The number of nitrogens with zero attached hydrogens (tertiary/aromatic N) is 3. The van der Waals surface area contributed by atoms with Gasteiger partial charge in [0.25, 0.3) is 11.1 Å². The molecule has 0 radical (unpaired) electrons. The molecule has 2 aromatic carbocycles. The van der Waals surface area contributed by atoms with E-state index < -0.39 is 0 Å². The predicted molar refractivity (Wildman–Crippen MR) is 120 cm³/mol. The number of carbonyl (C=O) groups is 1. The molecule has 1 fully saturated rings. The highest BCUT2D eigenvalue weighted by Crippen LogP contribution is 2.30. The van der Waals surface area contributed by atoms with Gasteiger partial charge in [0.05, 0.1) is 23.0 Å². The molecule has 4 aromatic rings. The van der Waals surface area contributed by atoms with Gasteiger partial charge in [-0.3, -0.25) is 9.89 Å². The molecule has 1 aliphatic heterocycles. The molecular weight excluding hydrogens is 412 g/mol. The molecule has 0 atom stereocenters. The topological polar surface area (TPSA) is 80.3 Å². The Balaban J connectivity index is 1.20. The van der Waals surface area contributed by atoms with Gasteiger partial charge in [-0.15, -0.1) is 0 Å². The number of H-pyrrole nitrogens is 1. The minimum atomic E-state index is -0.0416. The molecule has 1 amide bonds.